The number of rotatable bonds is 8. The van der Waals surface area contributed by atoms with E-state index >= 15 is 0 Å². The van der Waals surface area contributed by atoms with E-state index < -0.39 is 9.84 Å². The van der Waals surface area contributed by atoms with Crippen molar-refractivity contribution in [3.63, 3.8) is 0 Å². The maximum Gasteiger partial charge on any atom is 0.175 e. The van der Waals surface area contributed by atoms with Crippen LogP contribution in [0.3, 0.4) is 0 Å². The predicted molar refractivity (Wildman–Crippen MR) is 96.0 cm³/mol. The summed E-state index contributed by atoms with van der Waals surface area (Å²) in [5, 5.41) is 11.5. The minimum atomic E-state index is -3.40. The number of hydrogen-bond donors (Lipinski definition) is 0. The molecule has 25 heavy (non-hydrogen) atoms. The minimum Gasteiger partial charge on any atom is -0.228 e. The van der Waals surface area contributed by atoms with Crippen LogP contribution < -0.4 is 0 Å². The molecule has 0 amide bonds. The fourth-order valence-corrected chi connectivity index (χ4v) is 4.32. The van der Waals surface area contributed by atoms with Gasteiger partial charge in [-0.3, -0.25) is 0 Å². The Labute approximate surface area is 153 Å². The molecule has 1 heterocycles. The molecule has 0 N–H and O–H groups in total. The predicted octanol–water partition coefficient (Wildman–Crippen LogP) is 3.16. The third-order valence-electron chi connectivity index (χ3n) is 4.61. The van der Waals surface area contributed by atoms with Crippen molar-refractivity contribution >= 4 is 21.4 Å². The van der Waals surface area contributed by atoms with Gasteiger partial charge in [0.2, 0.25) is 0 Å². The standard InChI is InChI=1S/C17H22ClN4O2S/c1-3-12(8-13-4-5-13)9-14-6-7-16(25(2,23)24)15(17(14)18)10-22-11-19-20-21-22/h6-7,9,11-13H,3-5,8,10H2,1-2H3. The summed E-state index contributed by atoms with van der Waals surface area (Å²) < 4.78 is 25.8. The molecule has 0 bridgehead atoms. The highest BCUT2D eigenvalue weighted by Gasteiger charge is 2.26. The van der Waals surface area contributed by atoms with Gasteiger partial charge >= 0.3 is 0 Å². The highest BCUT2D eigenvalue weighted by molar-refractivity contribution is 7.90. The Morgan fingerprint density at radius 2 is 2.16 bits per heavy atom. The lowest BCUT2D eigenvalue weighted by Gasteiger charge is -2.18. The summed E-state index contributed by atoms with van der Waals surface area (Å²) in [6.45, 7) is 2.39. The van der Waals surface area contributed by atoms with E-state index in [0.29, 0.717) is 16.5 Å². The fourth-order valence-electron chi connectivity index (χ4n) is 3.05. The van der Waals surface area contributed by atoms with Gasteiger partial charge in [0.15, 0.2) is 9.84 Å². The molecule has 0 spiro atoms. The lowest BCUT2D eigenvalue weighted by atomic mass is 9.91. The number of hydrogen-bond acceptors (Lipinski definition) is 5. The van der Waals surface area contributed by atoms with Crippen LogP contribution >= 0.6 is 11.6 Å². The van der Waals surface area contributed by atoms with Crippen molar-refractivity contribution < 1.29 is 8.42 Å². The molecule has 1 aromatic carbocycles. The van der Waals surface area contributed by atoms with Crippen LogP contribution in [0.1, 0.15) is 43.7 Å². The molecule has 1 aliphatic carbocycles. The Bertz CT molecular complexity index is 833. The van der Waals surface area contributed by atoms with Crippen LogP contribution in [0.15, 0.2) is 23.4 Å². The van der Waals surface area contributed by atoms with Gasteiger partial charge in [0.1, 0.15) is 6.33 Å². The second kappa shape index (κ2) is 7.41. The maximum atomic E-state index is 12.1. The van der Waals surface area contributed by atoms with E-state index in [1.165, 1.54) is 36.5 Å². The second-order valence-corrected chi connectivity index (χ2v) is 9.10. The van der Waals surface area contributed by atoms with Gasteiger partial charge in [-0.25, -0.2) is 13.1 Å². The summed E-state index contributed by atoms with van der Waals surface area (Å²) in [6, 6.07) is 3.44. The molecule has 3 rings (SSSR count). The molecule has 0 aliphatic heterocycles. The smallest absolute Gasteiger partial charge is 0.175 e. The highest BCUT2D eigenvalue weighted by Crippen LogP contribution is 2.39. The van der Waals surface area contributed by atoms with Crippen molar-refractivity contribution in [2.24, 2.45) is 11.8 Å². The van der Waals surface area contributed by atoms with E-state index in [-0.39, 0.29) is 11.4 Å². The molecular formula is C17H22ClN4O2S. The number of nitrogens with zero attached hydrogens (tertiary/aromatic N) is 4. The number of aromatic nitrogens is 4. The Kier molecular flexibility index (Phi) is 5.43. The molecule has 6 nitrogen and oxygen atoms in total. The molecule has 1 radical (unpaired) electrons. The zero-order chi connectivity index (χ0) is 18.0. The van der Waals surface area contributed by atoms with Gasteiger partial charge in [0.05, 0.1) is 16.5 Å². The third-order valence-corrected chi connectivity index (χ3v) is 6.24. The molecule has 1 aromatic heterocycles. The van der Waals surface area contributed by atoms with E-state index in [0.717, 1.165) is 17.9 Å². The van der Waals surface area contributed by atoms with Gasteiger partial charge in [0, 0.05) is 11.8 Å². The van der Waals surface area contributed by atoms with E-state index in [9.17, 15) is 8.42 Å². The van der Waals surface area contributed by atoms with Crippen LogP contribution in [-0.4, -0.2) is 34.9 Å². The van der Waals surface area contributed by atoms with Crippen molar-refractivity contribution in [1.29, 1.82) is 0 Å². The number of tetrazole rings is 1. The molecule has 1 fully saturated rings. The van der Waals surface area contributed by atoms with Gasteiger partial charge in [-0.1, -0.05) is 43.9 Å². The summed E-state index contributed by atoms with van der Waals surface area (Å²) in [4.78, 5) is 0.223. The SMILES string of the molecule is CCC([CH]c1ccc(S(C)(=O)=O)c(Cn2cnnn2)c1Cl)CC1CC1. The van der Waals surface area contributed by atoms with E-state index in [2.05, 4.69) is 28.9 Å². The summed E-state index contributed by atoms with van der Waals surface area (Å²) in [5.41, 5.74) is 1.41. The van der Waals surface area contributed by atoms with Crippen LogP contribution in [-0.2, 0) is 16.4 Å². The average Bonchev–Trinajstić information content (AvgIpc) is 3.22. The molecule has 1 unspecified atom stereocenters. The molecular weight excluding hydrogens is 360 g/mol. The third kappa shape index (κ3) is 4.58. The van der Waals surface area contributed by atoms with E-state index in [4.69, 9.17) is 11.6 Å². The Balaban J connectivity index is 1.94. The molecule has 8 heteroatoms. The quantitative estimate of drug-likeness (QED) is 0.701. The van der Waals surface area contributed by atoms with Crippen LogP contribution in [0, 0.1) is 18.3 Å². The molecule has 2 aromatic rings. The topological polar surface area (TPSA) is 77.7 Å². The van der Waals surface area contributed by atoms with Crippen LogP contribution in [0.25, 0.3) is 0 Å². The van der Waals surface area contributed by atoms with Gasteiger partial charge < -0.3 is 0 Å². The summed E-state index contributed by atoms with van der Waals surface area (Å²) in [7, 11) is -3.40. The van der Waals surface area contributed by atoms with Crippen LogP contribution in [0.4, 0.5) is 0 Å². The van der Waals surface area contributed by atoms with Crippen LogP contribution in [0.2, 0.25) is 5.02 Å². The normalized spacial score (nSPS) is 16.1. The van der Waals surface area contributed by atoms with Crippen molar-refractivity contribution in [2.75, 3.05) is 6.26 Å². The van der Waals surface area contributed by atoms with Crippen LogP contribution in [0.5, 0.6) is 0 Å². The molecule has 1 saturated carbocycles. The first kappa shape index (κ1) is 18.3. The number of halogens is 1. The Hall–Kier alpha value is -1.47. The highest BCUT2D eigenvalue weighted by atomic mass is 35.5. The largest absolute Gasteiger partial charge is 0.228 e. The summed E-state index contributed by atoms with van der Waals surface area (Å²) >= 11 is 6.61. The lowest BCUT2D eigenvalue weighted by Crippen LogP contribution is -2.11. The average molecular weight is 382 g/mol. The van der Waals surface area contributed by atoms with Crippen molar-refractivity contribution in [2.45, 2.75) is 44.0 Å². The van der Waals surface area contributed by atoms with Gasteiger partial charge in [0.25, 0.3) is 0 Å². The molecule has 1 atom stereocenters. The minimum absolute atomic E-state index is 0.218. The van der Waals surface area contributed by atoms with Gasteiger partial charge in [-0.2, -0.15) is 0 Å². The van der Waals surface area contributed by atoms with Gasteiger partial charge in [-0.05, 0) is 46.7 Å². The first-order chi connectivity index (χ1) is 11.9. The van der Waals surface area contributed by atoms with E-state index in [1.54, 1.807) is 12.1 Å². The Morgan fingerprint density at radius 3 is 2.72 bits per heavy atom. The number of benzene rings is 1. The van der Waals surface area contributed by atoms with E-state index in [1.807, 2.05) is 0 Å². The van der Waals surface area contributed by atoms with Crippen molar-refractivity contribution in [3.8, 4) is 0 Å². The Morgan fingerprint density at radius 1 is 1.40 bits per heavy atom. The number of sulfone groups is 1. The van der Waals surface area contributed by atoms with Gasteiger partial charge in [-0.15, -0.1) is 5.10 Å². The first-order valence-electron chi connectivity index (χ1n) is 8.45. The first-order valence-corrected chi connectivity index (χ1v) is 10.7. The molecule has 135 valence electrons. The monoisotopic (exact) mass is 381 g/mol. The fraction of sp³-hybridized carbons (Fsp3) is 0.529. The zero-order valence-corrected chi connectivity index (χ0v) is 16.0. The van der Waals surface area contributed by atoms with Crippen molar-refractivity contribution in [3.05, 3.63) is 41.0 Å². The molecule has 1 aliphatic rings. The zero-order valence-electron chi connectivity index (χ0n) is 14.4. The summed E-state index contributed by atoms with van der Waals surface area (Å²) in [6.07, 6.45) is 9.65. The molecule has 0 saturated heterocycles. The summed E-state index contributed by atoms with van der Waals surface area (Å²) in [5.74, 6) is 1.28. The van der Waals surface area contributed by atoms with Crippen molar-refractivity contribution in [1.82, 2.24) is 20.2 Å². The lowest BCUT2D eigenvalue weighted by molar-refractivity contribution is 0.506. The second-order valence-electron chi connectivity index (χ2n) is 6.74. The maximum absolute atomic E-state index is 12.1.